The lowest BCUT2D eigenvalue weighted by molar-refractivity contribution is -0.141. The van der Waals surface area contributed by atoms with Crippen LogP contribution in [0.5, 0.6) is 5.75 Å². The second kappa shape index (κ2) is 4.84. The number of nitrogens with zero attached hydrogens (tertiary/aromatic N) is 1. The number of para-hydroxylation sites is 1. The summed E-state index contributed by atoms with van der Waals surface area (Å²) in [7, 11) is 1.40. The molecule has 1 aromatic heterocycles. The third-order valence-corrected chi connectivity index (χ3v) is 2.89. The Morgan fingerprint density at radius 3 is 2.68 bits per heavy atom. The maximum atomic E-state index is 13.0. The number of benzene rings is 1. The van der Waals surface area contributed by atoms with Crippen LogP contribution >= 0.6 is 0 Å². The number of aromatic nitrogens is 1. The highest BCUT2D eigenvalue weighted by atomic mass is 19.4. The van der Waals surface area contributed by atoms with Crippen molar-refractivity contribution in [3.63, 3.8) is 0 Å². The summed E-state index contributed by atoms with van der Waals surface area (Å²) < 4.78 is 44.0. The fourth-order valence-electron chi connectivity index (χ4n) is 2.10. The van der Waals surface area contributed by atoms with Gasteiger partial charge in [0.15, 0.2) is 0 Å². The average Bonchev–Trinajstić information content (AvgIpc) is 2.74. The van der Waals surface area contributed by atoms with E-state index in [0.717, 1.165) is 0 Å². The molecule has 0 bridgehead atoms. The van der Waals surface area contributed by atoms with Gasteiger partial charge in [-0.25, -0.2) is 0 Å². The summed E-state index contributed by atoms with van der Waals surface area (Å²) in [6.45, 7) is 0. The van der Waals surface area contributed by atoms with Gasteiger partial charge in [0.1, 0.15) is 11.4 Å². The second-order valence-electron chi connectivity index (χ2n) is 4.02. The van der Waals surface area contributed by atoms with Crippen LogP contribution in [0.4, 0.5) is 13.2 Å². The van der Waals surface area contributed by atoms with Crippen molar-refractivity contribution in [2.75, 3.05) is 7.11 Å². The summed E-state index contributed by atoms with van der Waals surface area (Å²) >= 11 is 0. The van der Waals surface area contributed by atoms with Crippen molar-refractivity contribution in [3.05, 3.63) is 29.5 Å². The summed E-state index contributed by atoms with van der Waals surface area (Å²) in [6.07, 6.45) is -4.39. The van der Waals surface area contributed by atoms with E-state index in [4.69, 9.17) is 10.00 Å². The van der Waals surface area contributed by atoms with Crippen LogP contribution in [0.2, 0.25) is 0 Å². The number of nitrogens with one attached hydrogen (secondary N) is 1. The van der Waals surface area contributed by atoms with Crippen molar-refractivity contribution in [1.82, 2.24) is 4.98 Å². The van der Waals surface area contributed by atoms with Crippen LogP contribution in [0.15, 0.2) is 18.2 Å². The molecule has 0 saturated heterocycles. The number of halogens is 3. The van der Waals surface area contributed by atoms with Gasteiger partial charge in [-0.05, 0) is 18.1 Å². The Kier molecular flexibility index (Phi) is 3.38. The highest BCUT2D eigenvalue weighted by Gasteiger charge is 2.36. The fraction of sp³-hybridized carbons (Fsp3) is 0.308. The minimum absolute atomic E-state index is 0.0350. The zero-order valence-corrected chi connectivity index (χ0v) is 10.1. The minimum atomic E-state index is -4.48. The van der Waals surface area contributed by atoms with Gasteiger partial charge < -0.3 is 9.72 Å². The summed E-state index contributed by atoms with van der Waals surface area (Å²) in [6, 6.07) is 6.68. The minimum Gasteiger partial charge on any atom is -0.495 e. The summed E-state index contributed by atoms with van der Waals surface area (Å²) in [5.41, 5.74) is -0.379. The number of aryl methyl sites for hydroxylation is 1. The second-order valence-corrected chi connectivity index (χ2v) is 4.02. The summed E-state index contributed by atoms with van der Waals surface area (Å²) in [5.74, 6) is 0.353. The van der Waals surface area contributed by atoms with Gasteiger partial charge in [-0.1, -0.05) is 12.1 Å². The normalized spacial score (nSPS) is 11.5. The van der Waals surface area contributed by atoms with Crippen molar-refractivity contribution in [2.45, 2.75) is 19.0 Å². The van der Waals surface area contributed by atoms with Crippen LogP contribution in [0.1, 0.15) is 17.7 Å². The predicted octanol–water partition coefficient (Wildman–Crippen LogP) is 3.65. The van der Waals surface area contributed by atoms with Crippen LogP contribution < -0.4 is 4.74 Å². The number of alkyl halides is 3. The lowest BCUT2D eigenvalue weighted by Crippen LogP contribution is -2.08. The molecule has 0 spiro atoms. The molecule has 0 radical (unpaired) electrons. The molecule has 0 amide bonds. The topological polar surface area (TPSA) is 48.8 Å². The number of hydrogen-bond acceptors (Lipinski definition) is 2. The van der Waals surface area contributed by atoms with Crippen LogP contribution in [-0.4, -0.2) is 12.1 Å². The maximum absolute atomic E-state index is 13.0. The van der Waals surface area contributed by atoms with Crippen molar-refractivity contribution >= 4 is 10.9 Å². The van der Waals surface area contributed by atoms with E-state index in [9.17, 15) is 13.2 Å². The highest BCUT2D eigenvalue weighted by molar-refractivity contribution is 5.89. The Balaban J connectivity index is 2.70. The first-order valence-corrected chi connectivity index (χ1v) is 5.60. The van der Waals surface area contributed by atoms with E-state index in [2.05, 4.69) is 4.98 Å². The van der Waals surface area contributed by atoms with E-state index in [-0.39, 0.29) is 18.4 Å². The third-order valence-electron chi connectivity index (χ3n) is 2.89. The Morgan fingerprint density at radius 1 is 1.37 bits per heavy atom. The molecule has 1 N–H and O–H groups in total. The standard InChI is InChI=1S/C13H11F3N2O/c1-19-10-6-2-4-8-9(5-3-7-17)12(13(14,15)16)18-11(8)10/h2,4,6,18H,3,5H2,1H3. The molecule has 0 atom stereocenters. The lowest BCUT2D eigenvalue weighted by Gasteiger charge is -2.06. The van der Waals surface area contributed by atoms with Crippen molar-refractivity contribution in [3.8, 4) is 11.8 Å². The van der Waals surface area contributed by atoms with Crippen molar-refractivity contribution in [1.29, 1.82) is 5.26 Å². The van der Waals surface area contributed by atoms with Gasteiger partial charge in [0, 0.05) is 11.8 Å². The lowest BCUT2D eigenvalue weighted by atomic mass is 10.1. The fourth-order valence-corrected chi connectivity index (χ4v) is 2.10. The molecule has 6 heteroatoms. The molecule has 0 aliphatic carbocycles. The number of methoxy groups -OCH3 is 1. The number of nitriles is 1. The molecule has 2 rings (SSSR count). The molecular formula is C13H11F3N2O. The number of hydrogen-bond donors (Lipinski definition) is 1. The average molecular weight is 268 g/mol. The van der Waals surface area contributed by atoms with Gasteiger partial charge in [-0.3, -0.25) is 0 Å². The molecule has 2 aromatic rings. The van der Waals surface area contributed by atoms with E-state index in [1.54, 1.807) is 18.2 Å². The number of aromatic amines is 1. The Morgan fingerprint density at radius 2 is 2.11 bits per heavy atom. The van der Waals surface area contributed by atoms with E-state index in [1.807, 2.05) is 6.07 Å². The Labute approximate surface area is 107 Å². The first kappa shape index (κ1) is 13.3. The molecular weight excluding hydrogens is 257 g/mol. The highest BCUT2D eigenvalue weighted by Crippen LogP contribution is 2.38. The molecule has 1 heterocycles. The number of fused-ring (bicyclic) bond motifs is 1. The summed E-state index contributed by atoms with van der Waals surface area (Å²) in [4.78, 5) is 2.37. The molecule has 100 valence electrons. The van der Waals surface area contributed by atoms with Crippen LogP contribution in [0.25, 0.3) is 10.9 Å². The van der Waals surface area contributed by atoms with E-state index >= 15 is 0 Å². The zero-order valence-electron chi connectivity index (χ0n) is 10.1. The maximum Gasteiger partial charge on any atom is 0.431 e. The molecule has 0 saturated carbocycles. The molecule has 0 fully saturated rings. The predicted molar refractivity (Wildman–Crippen MR) is 63.8 cm³/mol. The van der Waals surface area contributed by atoms with Crippen molar-refractivity contribution < 1.29 is 17.9 Å². The molecule has 19 heavy (non-hydrogen) atoms. The van der Waals surface area contributed by atoms with Crippen molar-refractivity contribution in [2.24, 2.45) is 0 Å². The molecule has 0 aliphatic heterocycles. The van der Waals surface area contributed by atoms with Gasteiger partial charge in [-0.2, -0.15) is 18.4 Å². The molecule has 0 unspecified atom stereocenters. The van der Waals surface area contributed by atoms with E-state index < -0.39 is 11.9 Å². The first-order chi connectivity index (χ1) is 8.99. The molecule has 1 aromatic carbocycles. The van der Waals surface area contributed by atoms with Crippen LogP contribution in [0, 0.1) is 11.3 Å². The Bertz CT molecular complexity index is 638. The zero-order chi connectivity index (χ0) is 14.0. The number of ether oxygens (including phenoxy) is 1. The van der Waals surface area contributed by atoms with Gasteiger partial charge in [-0.15, -0.1) is 0 Å². The smallest absolute Gasteiger partial charge is 0.431 e. The quantitative estimate of drug-likeness (QED) is 0.923. The van der Waals surface area contributed by atoms with Gasteiger partial charge in [0.25, 0.3) is 0 Å². The monoisotopic (exact) mass is 268 g/mol. The van der Waals surface area contributed by atoms with E-state index in [0.29, 0.717) is 16.7 Å². The third kappa shape index (κ3) is 2.36. The molecule has 0 aliphatic rings. The van der Waals surface area contributed by atoms with Crippen LogP contribution in [0.3, 0.4) is 0 Å². The van der Waals surface area contributed by atoms with E-state index in [1.165, 1.54) is 7.11 Å². The van der Waals surface area contributed by atoms with Gasteiger partial charge in [0.2, 0.25) is 0 Å². The number of rotatable bonds is 3. The first-order valence-electron chi connectivity index (χ1n) is 5.60. The van der Waals surface area contributed by atoms with Crippen LogP contribution in [-0.2, 0) is 12.6 Å². The Hall–Kier alpha value is -2.16. The largest absolute Gasteiger partial charge is 0.495 e. The SMILES string of the molecule is COc1cccc2c(CCC#N)c(C(F)(F)F)[nH]c12. The van der Waals surface area contributed by atoms with Gasteiger partial charge >= 0.3 is 6.18 Å². The van der Waals surface area contributed by atoms with Gasteiger partial charge in [0.05, 0.1) is 18.7 Å². The molecule has 3 nitrogen and oxygen atoms in total. The summed E-state index contributed by atoms with van der Waals surface area (Å²) in [5, 5.41) is 9.01. The number of H-pyrrole nitrogens is 1.